The van der Waals surface area contributed by atoms with Crippen molar-refractivity contribution in [3.63, 3.8) is 0 Å². The fourth-order valence-electron chi connectivity index (χ4n) is 2.82. The highest BCUT2D eigenvalue weighted by atomic mass is 35.5. The van der Waals surface area contributed by atoms with Crippen molar-refractivity contribution in [1.29, 1.82) is 0 Å². The smallest absolute Gasteiger partial charge is 0.119 e. The molecule has 116 valence electrons. The molecule has 0 unspecified atom stereocenters. The van der Waals surface area contributed by atoms with Crippen molar-refractivity contribution in [2.24, 2.45) is 5.92 Å². The van der Waals surface area contributed by atoms with Gasteiger partial charge in [0.25, 0.3) is 0 Å². The van der Waals surface area contributed by atoms with Crippen LogP contribution in [0.3, 0.4) is 0 Å². The number of para-hydroxylation sites is 1. The summed E-state index contributed by atoms with van der Waals surface area (Å²) in [6.45, 7) is 3.92. The van der Waals surface area contributed by atoms with Crippen molar-refractivity contribution in [1.82, 2.24) is 9.88 Å². The van der Waals surface area contributed by atoms with Crippen LogP contribution in [0.1, 0.15) is 18.4 Å². The number of nitrogens with zero attached hydrogens (tertiary/aromatic N) is 2. The molecular formula is C18H21ClN2O. The maximum absolute atomic E-state index is 6.18. The average Bonchev–Trinajstić information content (AvgIpc) is 2.57. The zero-order valence-corrected chi connectivity index (χ0v) is 13.4. The van der Waals surface area contributed by atoms with Crippen molar-refractivity contribution < 1.29 is 4.74 Å². The lowest BCUT2D eigenvalue weighted by Gasteiger charge is -2.32. The molecule has 2 heterocycles. The zero-order valence-electron chi connectivity index (χ0n) is 12.6. The fourth-order valence-corrected chi connectivity index (χ4v) is 2.99. The van der Waals surface area contributed by atoms with Crippen molar-refractivity contribution in [2.45, 2.75) is 19.4 Å². The number of benzene rings is 1. The number of likely N-dealkylation sites (tertiary alicyclic amines) is 1. The van der Waals surface area contributed by atoms with Gasteiger partial charge >= 0.3 is 0 Å². The first-order chi connectivity index (χ1) is 10.8. The Kier molecular flexibility index (Phi) is 5.30. The van der Waals surface area contributed by atoms with Gasteiger partial charge in [0.1, 0.15) is 5.75 Å². The topological polar surface area (TPSA) is 25.4 Å². The van der Waals surface area contributed by atoms with Crippen LogP contribution in [0.5, 0.6) is 5.75 Å². The van der Waals surface area contributed by atoms with Gasteiger partial charge in [-0.05, 0) is 55.6 Å². The van der Waals surface area contributed by atoms with E-state index in [0.29, 0.717) is 5.92 Å². The summed E-state index contributed by atoms with van der Waals surface area (Å²) in [6.07, 6.45) is 5.88. The van der Waals surface area contributed by atoms with Crippen molar-refractivity contribution >= 4 is 11.6 Å². The van der Waals surface area contributed by atoms with Crippen LogP contribution in [0.25, 0.3) is 0 Å². The highest BCUT2D eigenvalue weighted by molar-refractivity contribution is 6.31. The standard InChI is InChI=1S/C18H21ClN2O/c19-18-12-20-9-6-16(18)13-21-10-7-15(8-11-21)14-22-17-4-2-1-3-5-17/h1-6,9,12,15H,7-8,10-11,13-14H2. The molecule has 0 N–H and O–H groups in total. The second-order valence-electron chi connectivity index (χ2n) is 5.81. The second kappa shape index (κ2) is 7.61. The molecule has 1 aliphatic rings. The van der Waals surface area contributed by atoms with E-state index in [-0.39, 0.29) is 0 Å². The maximum Gasteiger partial charge on any atom is 0.119 e. The molecule has 1 aromatic carbocycles. The first kappa shape index (κ1) is 15.3. The predicted molar refractivity (Wildman–Crippen MR) is 89.2 cm³/mol. The number of piperidine rings is 1. The third-order valence-electron chi connectivity index (χ3n) is 4.19. The lowest BCUT2D eigenvalue weighted by Crippen LogP contribution is -2.35. The molecule has 22 heavy (non-hydrogen) atoms. The van der Waals surface area contributed by atoms with E-state index in [1.807, 2.05) is 42.6 Å². The summed E-state index contributed by atoms with van der Waals surface area (Å²) in [5.41, 5.74) is 1.16. The predicted octanol–water partition coefficient (Wildman–Crippen LogP) is 4.03. The Bertz CT molecular complexity index is 583. The summed E-state index contributed by atoms with van der Waals surface area (Å²) in [5, 5.41) is 0.761. The monoisotopic (exact) mass is 316 g/mol. The van der Waals surface area contributed by atoms with Gasteiger partial charge in [-0.1, -0.05) is 29.8 Å². The summed E-state index contributed by atoms with van der Waals surface area (Å²) in [4.78, 5) is 6.49. The Balaban J connectivity index is 1.44. The van der Waals surface area contributed by atoms with Gasteiger partial charge in [-0.2, -0.15) is 0 Å². The number of rotatable bonds is 5. The highest BCUT2D eigenvalue weighted by Crippen LogP contribution is 2.22. The molecule has 1 saturated heterocycles. The number of halogens is 1. The van der Waals surface area contributed by atoms with Crippen molar-refractivity contribution in [2.75, 3.05) is 19.7 Å². The zero-order chi connectivity index (χ0) is 15.2. The first-order valence-corrected chi connectivity index (χ1v) is 8.17. The molecule has 0 amide bonds. The molecule has 2 aromatic rings. The Labute approximate surface area is 136 Å². The first-order valence-electron chi connectivity index (χ1n) is 7.80. The molecule has 0 radical (unpaired) electrons. The van der Waals surface area contributed by atoms with Crippen LogP contribution in [0.15, 0.2) is 48.8 Å². The third-order valence-corrected chi connectivity index (χ3v) is 4.53. The lowest BCUT2D eigenvalue weighted by atomic mass is 9.97. The molecule has 3 nitrogen and oxygen atoms in total. The Hall–Kier alpha value is -1.58. The fraction of sp³-hybridized carbons (Fsp3) is 0.389. The van der Waals surface area contributed by atoms with E-state index in [1.54, 1.807) is 6.20 Å². The van der Waals surface area contributed by atoms with Gasteiger partial charge in [0.2, 0.25) is 0 Å². The highest BCUT2D eigenvalue weighted by Gasteiger charge is 2.20. The Morgan fingerprint density at radius 3 is 2.64 bits per heavy atom. The number of pyridine rings is 1. The van der Waals surface area contributed by atoms with Gasteiger partial charge in [0.05, 0.1) is 11.6 Å². The summed E-state index contributed by atoms with van der Waals surface area (Å²) in [5.74, 6) is 1.61. The van der Waals surface area contributed by atoms with E-state index in [2.05, 4.69) is 9.88 Å². The molecular weight excluding hydrogens is 296 g/mol. The normalized spacial score (nSPS) is 16.6. The quantitative estimate of drug-likeness (QED) is 0.833. The second-order valence-corrected chi connectivity index (χ2v) is 6.22. The Morgan fingerprint density at radius 1 is 1.14 bits per heavy atom. The molecule has 3 rings (SSSR count). The van der Waals surface area contributed by atoms with Gasteiger partial charge in [-0.15, -0.1) is 0 Å². The number of aromatic nitrogens is 1. The summed E-state index contributed by atoms with van der Waals surface area (Å²) < 4.78 is 5.87. The largest absolute Gasteiger partial charge is 0.493 e. The van der Waals surface area contributed by atoms with E-state index in [4.69, 9.17) is 16.3 Å². The molecule has 0 aliphatic carbocycles. The van der Waals surface area contributed by atoms with Gasteiger partial charge in [-0.3, -0.25) is 9.88 Å². The molecule has 0 bridgehead atoms. The van der Waals surface area contributed by atoms with Gasteiger partial charge in [0.15, 0.2) is 0 Å². The number of hydrogen-bond acceptors (Lipinski definition) is 3. The molecule has 0 saturated carbocycles. The maximum atomic E-state index is 6.18. The van der Waals surface area contributed by atoms with E-state index in [9.17, 15) is 0 Å². The van der Waals surface area contributed by atoms with Crippen LogP contribution in [-0.4, -0.2) is 29.6 Å². The van der Waals surface area contributed by atoms with E-state index >= 15 is 0 Å². The minimum absolute atomic E-state index is 0.643. The minimum atomic E-state index is 0.643. The minimum Gasteiger partial charge on any atom is -0.493 e. The van der Waals surface area contributed by atoms with E-state index in [0.717, 1.165) is 42.6 Å². The number of hydrogen-bond donors (Lipinski definition) is 0. The van der Waals surface area contributed by atoms with E-state index < -0.39 is 0 Å². The van der Waals surface area contributed by atoms with Crippen molar-refractivity contribution in [3.05, 3.63) is 59.4 Å². The lowest BCUT2D eigenvalue weighted by molar-refractivity contribution is 0.136. The van der Waals surface area contributed by atoms with Crippen LogP contribution in [0.2, 0.25) is 5.02 Å². The molecule has 0 atom stereocenters. The summed E-state index contributed by atoms with van der Waals surface area (Å²) >= 11 is 6.18. The van der Waals surface area contributed by atoms with Crippen LogP contribution in [0.4, 0.5) is 0 Å². The molecule has 1 aromatic heterocycles. The van der Waals surface area contributed by atoms with Crippen LogP contribution in [0, 0.1) is 5.92 Å². The van der Waals surface area contributed by atoms with Crippen LogP contribution in [-0.2, 0) is 6.54 Å². The van der Waals surface area contributed by atoms with E-state index in [1.165, 1.54) is 12.8 Å². The third kappa shape index (κ3) is 4.21. The van der Waals surface area contributed by atoms with Crippen LogP contribution >= 0.6 is 11.6 Å². The van der Waals surface area contributed by atoms with Crippen LogP contribution < -0.4 is 4.74 Å². The molecule has 4 heteroatoms. The van der Waals surface area contributed by atoms with Gasteiger partial charge < -0.3 is 4.74 Å². The number of ether oxygens (including phenoxy) is 1. The average molecular weight is 317 g/mol. The molecule has 1 fully saturated rings. The summed E-state index contributed by atoms with van der Waals surface area (Å²) in [6, 6.07) is 12.1. The Morgan fingerprint density at radius 2 is 1.91 bits per heavy atom. The van der Waals surface area contributed by atoms with Gasteiger partial charge in [0, 0.05) is 18.9 Å². The molecule has 0 spiro atoms. The summed E-state index contributed by atoms with van der Waals surface area (Å²) in [7, 11) is 0. The SMILES string of the molecule is Clc1cnccc1CN1CCC(COc2ccccc2)CC1. The molecule has 1 aliphatic heterocycles. The van der Waals surface area contributed by atoms with Crippen molar-refractivity contribution in [3.8, 4) is 5.75 Å². The van der Waals surface area contributed by atoms with Gasteiger partial charge in [-0.25, -0.2) is 0 Å².